The zero-order valence-electron chi connectivity index (χ0n) is 19.1. The third kappa shape index (κ3) is 4.92. The molecule has 0 N–H and O–H groups in total. The summed E-state index contributed by atoms with van der Waals surface area (Å²) < 4.78 is 25.3. The van der Waals surface area contributed by atoms with Gasteiger partial charge >= 0.3 is 0 Å². The number of rotatable bonds is 6. The summed E-state index contributed by atoms with van der Waals surface area (Å²) in [5.74, 6) is 1.58. The van der Waals surface area contributed by atoms with E-state index in [1.165, 1.54) is 62.5 Å². The lowest BCUT2D eigenvalue weighted by Crippen LogP contribution is -2.33. The highest BCUT2D eigenvalue weighted by molar-refractivity contribution is 7.91. The molecule has 4 rings (SSSR count). The van der Waals surface area contributed by atoms with Crippen LogP contribution >= 0.6 is 0 Å². The highest BCUT2D eigenvalue weighted by Crippen LogP contribution is 2.58. The van der Waals surface area contributed by atoms with Crippen molar-refractivity contribution < 1.29 is 8.42 Å². The van der Waals surface area contributed by atoms with Crippen molar-refractivity contribution in [1.29, 1.82) is 0 Å². The number of benzene rings is 1. The summed E-state index contributed by atoms with van der Waals surface area (Å²) in [4.78, 5) is 0.464. The lowest BCUT2D eigenvalue weighted by Gasteiger charge is -2.42. The molecule has 0 bridgehead atoms. The van der Waals surface area contributed by atoms with E-state index in [-0.39, 0.29) is 5.75 Å². The molecule has 3 saturated carbocycles. The molecule has 3 atom stereocenters. The zero-order valence-corrected chi connectivity index (χ0v) is 19.9. The summed E-state index contributed by atoms with van der Waals surface area (Å²) in [7, 11) is -3.17. The van der Waals surface area contributed by atoms with Gasteiger partial charge in [0.15, 0.2) is 9.84 Å². The number of allylic oxidation sites excluding steroid dienone is 5. The van der Waals surface area contributed by atoms with Crippen LogP contribution in [-0.4, -0.2) is 14.2 Å². The van der Waals surface area contributed by atoms with E-state index < -0.39 is 9.84 Å². The largest absolute Gasteiger partial charge is 0.224 e. The lowest BCUT2D eigenvalue weighted by molar-refractivity contribution is 0.129. The average Bonchev–Trinajstić information content (AvgIpc) is 3.10. The number of hydrogen-bond acceptors (Lipinski definition) is 2. The Balaban J connectivity index is 1.40. The molecule has 0 heterocycles. The van der Waals surface area contributed by atoms with E-state index in [9.17, 15) is 8.42 Å². The van der Waals surface area contributed by atoms with Gasteiger partial charge in [-0.3, -0.25) is 0 Å². The van der Waals surface area contributed by atoms with Gasteiger partial charge in [0, 0.05) is 0 Å². The Morgan fingerprint density at radius 2 is 1.81 bits per heavy atom. The third-order valence-corrected chi connectivity index (χ3v) is 10.2. The first-order valence-corrected chi connectivity index (χ1v) is 13.9. The summed E-state index contributed by atoms with van der Waals surface area (Å²) in [6.45, 7) is 6.77. The molecule has 168 valence electrons. The Morgan fingerprint density at radius 3 is 2.58 bits per heavy atom. The van der Waals surface area contributed by atoms with Crippen molar-refractivity contribution in [3.05, 3.63) is 65.8 Å². The molecule has 3 fully saturated rings. The van der Waals surface area contributed by atoms with E-state index >= 15 is 0 Å². The Morgan fingerprint density at radius 1 is 1.03 bits per heavy atom. The van der Waals surface area contributed by atoms with Crippen molar-refractivity contribution >= 4 is 9.84 Å². The van der Waals surface area contributed by atoms with Crippen molar-refractivity contribution in [2.45, 2.75) is 82.4 Å². The van der Waals surface area contributed by atoms with Crippen LogP contribution in [0.3, 0.4) is 0 Å². The van der Waals surface area contributed by atoms with Gasteiger partial charge in [-0.1, -0.05) is 55.0 Å². The molecule has 3 aliphatic rings. The minimum Gasteiger partial charge on any atom is -0.224 e. The van der Waals surface area contributed by atoms with Gasteiger partial charge in [-0.2, -0.15) is 0 Å². The Kier molecular flexibility index (Phi) is 6.91. The minimum absolute atomic E-state index is 0.269. The molecular formula is C28H38O2S. The van der Waals surface area contributed by atoms with Crippen LogP contribution in [0.5, 0.6) is 0 Å². The quantitative estimate of drug-likeness (QED) is 0.462. The van der Waals surface area contributed by atoms with Crippen LogP contribution < -0.4 is 0 Å². The first-order chi connectivity index (χ1) is 14.9. The van der Waals surface area contributed by atoms with Gasteiger partial charge in [0.05, 0.1) is 10.6 Å². The molecule has 0 amide bonds. The second-order valence-electron chi connectivity index (χ2n) is 10.2. The van der Waals surface area contributed by atoms with Crippen molar-refractivity contribution in [3.63, 3.8) is 0 Å². The van der Waals surface area contributed by atoms with Crippen LogP contribution in [0.1, 0.15) is 77.6 Å². The number of hydrogen-bond donors (Lipinski definition) is 0. The Hall–Kier alpha value is -1.61. The lowest BCUT2D eigenvalue weighted by atomic mass is 9.63. The van der Waals surface area contributed by atoms with Gasteiger partial charge < -0.3 is 0 Å². The van der Waals surface area contributed by atoms with Crippen LogP contribution in [0.25, 0.3) is 0 Å². The summed E-state index contributed by atoms with van der Waals surface area (Å²) in [6.07, 6.45) is 17.8. The predicted octanol–water partition coefficient (Wildman–Crippen LogP) is 7.44. The van der Waals surface area contributed by atoms with Crippen molar-refractivity contribution in [3.8, 4) is 0 Å². The van der Waals surface area contributed by atoms with Crippen molar-refractivity contribution in [2.75, 3.05) is 5.75 Å². The third-order valence-electron chi connectivity index (χ3n) is 8.36. The van der Waals surface area contributed by atoms with E-state index in [1.54, 1.807) is 17.7 Å². The molecule has 1 aromatic carbocycles. The smallest absolute Gasteiger partial charge is 0.178 e. The maximum absolute atomic E-state index is 12.7. The molecule has 0 aromatic heterocycles. The SMILES string of the molecule is C=C1CCCC/C1=C/C=C1\CCC[C@]2(C)C(CCCS(=O)(=O)c3ccccc3)CC[C@@H]12. The predicted molar refractivity (Wildman–Crippen MR) is 130 cm³/mol. The first-order valence-electron chi connectivity index (χ1n) is 12.3. The average molecular weight is 439 g/mol. The Bertz CT molecular complexity index is 954. The second kappa shape index (κ2) is 9.48. The standard InChI is InChI=1S/C28H38O2S/c1-22-10-6-7-11-23(22)16-17-24-12-8-20-28(2)25(18-19-27(24)28)13-9-21-31(29,30)26-14-4-3-5-15-26/h3-5,14-17,25,27H,1,6-13,18-21H2,2H3/b23-16-,24-17+/t25?,27-,28+/m0/s1. The van der Waals surface area contributed by atoms with Crippen LogP contribution in [0, 0.1) is 17.3 Å². The highest BCUT2D eigenvalue weighted by atomic mass is 32.2. The van der Waals surface area contributed by atoms with Gasteiger partial charge in [0.1, 0.15) is 0 Å². The van der Waals surface area contributed by atoms with Crippen LogP contribution in [0.15, 0.2) is 70.7 Å². The molecule has 0 radical (unpaired) electrons. The molecule has 31 heavy (non-hydrogen) atoms. The minimum atomic E-state index is -3.17. The maximum Gasteiger partial charge on any atom is 0.178 e. The topological polar surface area (TPSA) is 34.1 Å². The molecule has 0 saturated heterocycles. The van der Waals surface area contributed by atoms with Crippen molar-refractivity contribution in [2.24, 2.45) is 17.3 Å². The summed E-state index contributed by atoms with van der Waals surface area (Å²) in [5, 5.41) is 0. The summed E-state index contributed by atoms with van der Waals surface area (Å²) >= 11 is 0. The fourth-order valence-corrected chi connectivity index (χ4v) is 7.84. The number of fused-ring (bicyclic) bond motifs is 1. The van der Waals surface area contributed by atoms with Gasteiger partial charge in [0.2, 0.25) is 0 Å². The van der Waals surface area contributed by atoms with Crippen LogP contribution in [-0.2, 0) is 9.84 Å². The first kappa shape index (κ1) is 22.6. The fraction of sp³-hybridized carbons (Fsp3) is 0.571. The second-order valence-corrected chi connectivity index (χ2v) is 12.3. The zero-order chi connectivity index (χ0) is 21.9. The van der Waals surface area contributed by atoms with Gasteiger partial charge in [0.25, 0.3) is 0 Å². The van der Waals surface area contributed by atoms with E-state index in [0.29, 0.717) is 22.1 Å². The molecule has 3 heteroatoms. The molecule has 0 spiro atoms. The van der Waals surface area contributed by atoms with E-state index in [1.807, 2.05) is 18.2 Å². The molecule has 1 unspecified atom stereocenters. The van der Waals surface area contributed by atoms with Crippen LogP contribution in [0.4, 0.5) is 0 Å². The molecule has 2 nitrogen and oxygen atoms in total. The van der Waals surface area contributed by atoms with Crippen molar-refractivity contribution in [1.82, 2.24) is 0 Å². The molecular weight excluding hydrogens is 400 g/mol. The van der Waals surface area contributed by atoms with Crippen LogP contribution in [0.2, 0.25) is 0 Å². The van der Waals surface area contributed by atoms with Gasteiger partial charge in [-0.05, 0) is 106 Å². The van der Waals surface area contributed by atoms with E-state index in [0.717, 1.165) is 19.3 Å². The monoisotopic (exact) mass is 438 g/mol. The maximum atomic E-state index is 12.7. The van der Waals surface area contributed by atoms with E-state index in [2.05, 4.69) is 25.7 Å². The van der Waals surface area contributed by atoms with E-state index in [4.69, 9.17) is 0 Å². The highest BCUT2D eigenvalue weighted by Gasteiger charge is 2.48. The normalized spacial score (nSPS) is 31.8. The number of sulfone groups is 1. The fourth-order valence-electron chi connectivity index (χ4n) is 6.49. The summed E-state index contributed by atoms with van der Waals surface area (Å²) in [5.41, 5.74) is 4.78. The van der Waals surface area contributed by atoms with Gasteiger partial charge in [-0.15, -0.1) is 0 Å². The molecule has 0 aliphatic heterocycles. The summed E-state index contributed by atoms with van der Waals surface area (Å²) in [6, 6.07) is 8.92. The Labute approximate surface area is 189 Å². The molecule has 3 aliphatic carbocycles. The van der Waals surface area contributed by atoms with Gasteiger partial charge in [-0.25, -0.2) is 8.42 Å². The molecule has 1 aromatic rings.